The zero-order valence-electron chi connectivity index (χ0n) is 19.2. The summed E-state index contributed by atoms with van der Waals surface area (Å²) in [6.07, 6.45) is 0. The Labute approximate surface area is 198 Å². The molecule has 3 aromatic carbocycles. The normalized spacial score (nSPS) is 13.3. The van der Waals surface area contributed by atoms with Gasteiger partial charge in [-0.1, -0.05) is 48.0 Å². The number of carbonyl (C=O) groups is 3. The highest BCUT2D eigenvalue weighted by molar-refractivity contribution is 6.37. The second-order valence-electron chi connectivity index (χ2n) is 8.02. The average Bonchev–Trinajstić information content (AvgIpc) is 3.05. The van der Waals surface area contributed by atoms with Crippen molar-refractivity contribution in [2.75, 3.05) is 17.7 Å². The molecule has 1 aliphatic heterocycles. The Morgan fingerprint density at radius 1 is 0.882 bits per heavy atom. The lowest BCUT2D eigenvalue weighted by Crippen LogP contribution is -2.32. The van der Waals surface area contributed by atoms with Crippen LogP contribution in [-0.4, -0.2) is 29.7 Å². The first-order valence-corrected chi connectivity index (χ1v) is 10.8. The highest BCUT2D eigenvalue weighted by Gasteiger charge is 2.40. The number of nitrogens with zero attached hydrogens (tertiary/aromatic N) is 1. The van der Waals surface area contributed by atoms with E-state index in [1.807, 2.05) is 37.3 Å². The minimum atomic E-state index is -0.419. The third kappa shape index (κ3) is 4.68. The number of para-hydroxylation sites is 1. The van der Waals surface area contributed by atoms with Gasteiger partial charge < -0.3 is 15.4 Å². The lowest BCUT2D eigenvalue weighted by molar-refractivity contribution is -0.137. The van der Waals surface area contributed by atoms with Crippen molar-refractivity contribution >= 4 is 34.7 Å². The van der Waals surface area contributed by atoms with Gasteiger partial charge in [-0.15, -0.1) is 0 Å². The Balaban J connectivity index is 1.72. The Hall–Kier alpha value is -4.39. The Kier molecular flexibility index (Phi) is 6.45. The molecule has 3 amide bonds. The second-order valence-corrected chi connectivity index (χ2v) is 8.02. The molecular formula is C27H25N3O4. The predicted octanol–water partition coefficient (Wildman–Crippen LogP) is 4.35. The maximum Gasteiger partial charge on any atom is 0.278 e. The summed E-state index contributed by atoms with van der Waals surface area (Å²) >= 11 is 0. The fraction of sp³-hybridized carbons (Fsp3) is 0.148. The summed E-state index contributed by atoms with van der Waals surface area (Å²) < 4.78 is 5.48. The van der Waals surface area contributed by atoms with Crippen molar-refractivity contribution in [1.29, 1.82) is 0 Å². The Morgan fingerprint density at radius 3 is 2.18 bits per heavy atom. The maximum absolute atomic E-state index is 13.5. The van der Waals surface area contributed by atoms with Crippen molar-refractivity contribution in [3.63, 3.8) is 0 Å². The first-order chi connectivity index (χ1) is 16.4. The van der Waals surface area contributed by atoms with E-state index < -0.39 is 11.8 Å². The van der Waals surface area contributed by atoms with Crippen molar-refractivity contribution < 1.29 is 19.1 Å². The van der Waals surface area contributed by atoms with Crippen LogP contribution in [0.2, 0.25) is 0 Å². The fourth-order valence-corrected chi connectivity index (χ4v) is 3.80. The van der Waals surface area contributed by atoms with E-state index in [2.05, 4.69) is 10.6 Å². The number of rotatable bonds is 7. The summed E-state index contributed by atoms with van der Waals surface area (Å²) in [5.41, 5.74) is 4.15. The number of carbonyl (C=O) groups excluding carboxylic acids is 3. The van der Waals surface area contributed by atoms with E-state index in [1.54, 1.807) is 42.5 Å². The topological polar surface area (TPSA) is 87.7 Å². The van der Waals surface area contributed by atoms with Gasteiger partial charge in [0, 0.05) is 23.9 Å². The average molecular weight is 456 g/mol. The van der Waals surface area contributed by atoms with Gasteiger partial charge in [0.1, 0.15) is 11.4 Å². The molecule has 3 aromatic rings. The van der Waals surface area contributed by atoms with Gasteiger partial charge in [-0.25, -0.2) is 0 Å². The highest BCUT2D eigenvalue weighted by Crippen LogP contribution is 2.36. The zero-order valence-corrected chi connectivity index (χ0v) is 19.2. The molecule has 0 aromatic heterocycles. The summed E-state index contributed by atoms with van der Waals surface area (Å²) in [6, 6.07) is 21.7. The molecule has 4 rings (SSSR count). The van der Waals surface area contributed by atoms with Crippen LogP contribution < -0.4 is 15.4 Å². The third-order valence-corrected chi connectivity index (χ3v) is 5.48. The van der Waals surface area contributed by atoms with Crippen LogP contribution in [0.5, 0.6) is 5.75 Å². The van der Waals surface area contributed by atoms with Crippen LogP contribution in [-0.2, 0) is 20.9 Å². The van der Waals surface area contributed by atoms with Crippen LogP contribution in [0.4, 0.5) is 11.4 Å². The van der Waals surface area contributed by atoms with Crippen LogP contribution in [0.25, 0.3) is 5.57 Å². The Bertz CT molecular complexity index is 1280. The molecule has 0 unspecified atom stereocenters. The Morgan fingerprint density at radius 2 is 1.53 bits per heavy atom. The van der Waals surface area contributed by atoms with Crippen LogP contribution in [0.1, 0.15) is 23.6 Å². The van der Waals surface area contributed by atoms with E-state index in [-0.39, 0.29) is 23.7 Å². The van der Waals surface area contributed by atoms with Gasteiger partial charge in [0.25, 0.3) is 11.8 Å². The van der Waals surface area contributed by atoms with Crippen LogP contribution in [0, 0.1) is 6.92 Å². The molecule has 0 aliphatic carbocycles. The van der Waals surface area contributed by atoms with E-state index in [4.69, 9.17) is 4.74 Å². The molecule has 1 heterocycles. The molecule has 0 bridgehead atoms. The number of aryl methyl sites for hydroxylation is 1. The quantitative estimate of drug-likeness (QED) is 0.517. The predicted molar refractivity (Wildman–Crippen MR) is 131 cm³/mol. The van der Waals surface area contributed by atoms with Crippen molar-refractivity contribution in [1.82, 2.24) is 4.90 Å². The maximum atomic E-state index is 13.5. The number of nitrogens with one attached hydrogen (secondary N) is 2. The van der Waals surface area contributed by atoms with Gasteiger partial charge in [-0.2, -0.15) is 0 Å². The smallest absolute Gasteiger partial charge is 0.278 e. The number of anilines is 2. The van der Waals surface area contributed by atoms with Crippen molar-refractivity contribution in [3.05, 3.63) is 95.2 Å². The lowest BCUT2D eigenvalue weighted by Gasteiger charge is -2.16. The number of amides is 3. The highest BCUT2D eigenvalue weighted by atomic mass is 16.5. The molecule has 0 atom stereocenters. The minimum Gasteiger partial charge on any atom is -0.496 e. The standard InChI is InChI=1S/C27H25N3O4/c1-17-8-10-19(11-9-17)16-30-26(32)24(22-6-4-5-7-23(22)34-3)25(27(30)33)29-21-14-12-20(13-15-21)28-18(2)31/h4-15,29H,16H2,1-3H3,(H,28,31). The van der Waals surface area contributed by atoms with E-state index in [0.29, 0.717) is 22.7 Å². The van der Waals surface area contributed by atoms with Gasteiger partial charge in [-0.05, 0) is 42.8 Å². The van der Waals surface area contributed by atoms with E-state index in [1.165, 1.54) is 18.9 Å². The molecule has 7 heteroatoms. The molecule has 0 spiro atoms. The molecule has 172 valence electrons. The molecular weight excluding hydrogens is 430 g/mol. The molecule has 0 fully saturated rings. The van der Waals surface area contributed by atoms with Crippen LogP contribution >= 0.6 is 0 Å². The van der Waals surface area contributed by atoms with Gasteiger partial charge in [-0.3, -0.25) is 19.3 Å². The summed E-state index contributed by atoms with van der Waals surface area (Å²) in [6.45, 7) is 3.57. The van der Waals surface area contributed by atoms with E-state index in [9.17, 15) is 14.4 Å². The summed E-state index contributed by atoms with van der Waals surface area (Å²) in [5.74, 6) is -0.494. The number of hydrogen-bond donors (Lipinski definition) is 2. The number of imide groups is 1. The molecule has 0 saturated carbocycles. The van der Waals surface area contributed by atoms with Gasteiger partial charge in [0.15, 0.2) is 0 Å². The van der Waals surface area contributed by atoms with E-state index >= 15 is 0 Å². The number of benzene rings is 3. The monoisotopic (exact) mass is 455 g/mol. The summed E-state index contributed by atoms with van der Waals surface area (Å²) in [7, 11) is 1.53. The van der Waals surface area contributed by atoms with E-state index in [0.717, 1.165) is 11.1 Å². The molecule has 34 heavy (non-hydrogen) atoms. The first kappa shape index (κ1) is 22.8. The second kappa shape index (κ2) is 9.62. The third-order valence-electron chi connectivity index (χ3n) is 5.48. The number of methoxy groups -OCH3 is 1. The number of hydrogen-bond acceptors (Lipinski definition) is 5. The van der Waals surface area contributed by atoms with Crippen molar-refractivity contribution in [3.8, 4) is 5.75 Å². The number of ether oxygens (including phenoxy) is 1. The molecule has 2 N–H and O–H groups in total. The first-order valence-electron chi connectivity index (χ1n) is 10.8. The van der Waals surface area contributed by atoms with Gasteiger partial charge in [0.2, 0.25) is 5.91 Å². The minimum absolute atomic E-state index is 0.156. The van der Waals surface area contributed by atoms with Crippen molar-refractivity contribution in [2.45, 2.75) is 20.4 Å². The zero-order chi connectivity index (χ0) is 24.2. The SMILES string of the molecule is COc1ccccc1C1=C(Nc2ccc(NC(C)=O)cc2)C(=O)N(Cc2ccc(C)cc2)C1=O. The van der Waals surface area contributed by atoms with Gasteiger partial charge in [0.05, 0.1) is 19.2 Å². The summed E-state index contributed by atoms with van der Waals surface area (Å²) in [5, 5.41) is 5.83. The molecule has 0 radical (unpaired) electrons. The molecule has 0 saturated heterocycles. The van der Waals surface area contributed by atoms with Crippen molar-refractivity contribution in [2.24, 2.45) is 0 Å². The molecule has 1 aliphatic rings. The van der Waals surface area contributed by atoms with Gasteiger partial charge >= 0.3 is 0 Å². The fourth-order valence-electron chi connectivity index (χ4n) is 3.80. The van der Waals surface area contributed by atoms with Crippen LogP contribution in [0.3, 0.4) is 0 Å². The largest absolute Gasteiger partial charge is 0.496 e. The molecule has 7 nitrogen and oxygen atoms in total. The van der Waals surface area contributed by atoms with Crippen LogP contribution in [0.15, 0.2) is 78.5 Å². The lowest BCUT2D eigenvalue weighted by atomic mass is 10.0. The summed E-state index contributed by atoms with van der Waals surface area (Å²) in [4.78, 5) is 39.5.